The molecule has 1 aliphatic heterocycles. The van der Waals surface area contributed by atoms with Gasteiger partial charge in [-0.15, -0.1) is 0 Å². The molecule has 1 aliphatic rings. The number of hydrogen-bond donors (Lipinski definition) is 1. The molecule has 2 aromatic carbocycles. The maximum Gasteiger partial charge on any atom is 0.278 e. The fourth-order valence-electron chi connectivity index (χ4n) is 3.45. The standard InChI is InChI=1S/C25H30N2O3/c1-6-14-30-20-12-10-19(11-13-20)22-23(25(29)27(24(22)28)15-16(2)3)26-21-9-7-8-17(4)18(21)5/h7-13,16,26H,6,14-15H2,1-5H3. The number of rotatable bonds is 8. The molecular weight excluding hydrogens is 376 g/mol. The average molecular weight is 407 g/mol. The van der Waals surface area contributed by atoms with Gasteiger partial charge in [0.1, 0.15) is 11.4 Å². The van der Waals surface area contributed by atoms with Crippen molar-refractivity contribution in [3.05, 3.63) is 64.9 Å². The van der Waals surface area contributed by atoms with Gasteiger partial charge in [-0.2, -0.15) is 0 Å². The third-order valence-electron chi connectivity index (χ3n) is 5.20. The molecule has 5 nitrogen and oxygen atoms in total. The van der Waals surface area contributed by atoms with Crippen LogP contribution in [0.2, 0.25) is 0 Å². The molecule has 0 saturated heterocycles. The molecule has 0 radical (unpaired) electrons. The summed E-state index contributed by atoms with van der Waals surface area (Å²) in [5, 5.41) is 3.27. The molecule has 0 spiro atoms. The van der Waals surface area contributed by atoms with E-state index in [1.807, 2.05) is 70.2 Å². The van der Waals surface area contributed by atoms with E-state index < -0.39 is 0 Å². The van der Waals surface area contributed by atoms with Gasteiger partial charge in [0.05, 0.1) is 12.2 Å². The van der Waals surface area contributed by atoms with E-state index in [0.717, 1.165) is 29.0 Å². The number of nitrogens with one attached hydrogen (secondary N) is 1. The molecule has 30 heavy (non-hydrogen) atoms. The maximum atomic E-state index is 13.2. The van der Waals surface area contributed by atoms with Crippen LogP contribution >= 0.6 is 0 Å². The van der Waals surface area contributed by atoms with Crippen LogP contribution in [-0.4, -0.2) is 29.9 Å². The molecular formula is C25H30N2O3. The third kappa shape index (κ3) is 4.40. The second-order valence-corrected chi connectivity index (χ2v) is 8.11. The lowest BCUT2D eigenvalue weighted by molar-refractivity contribution is -0.137. The first-order valence-corrected chi connectivity index (χ1v) is 10.5. The van der Waals surface area contributed by atoms with Gasteiger partial charge in [0.15, 0.2) is 0 Å². The van der Waals surface area contributed by atoms with E-state index in [0.29, 0.717) is 30.0 Å². The quantitative estimate of drug-likeness (QED) is 0.631. The smallest absolute Gasteiger partial charge is 0.278 e. The fraction of sp³-hybridized carbons (Fsp3) is 0.360. The van der Waals surface area contributed by atoms with Crippen molar-refractivity contribution in [2.24, 2.45) is 5.92 Å². The Morgan fingerprint density at radius 2 is 1.70 bits per heavy atom. The molecule has 0 bridgehead atoms. The normalized spacial score (nSPS) is 14.1. The lowest BCUT2D eigenvalue weighted by Crippen LogP contribution is -2.35. The fourth-order valence-corrected chi connectivity index (χ4v) is 3.45. The van der Waals surface area contributed by atoms with Crippen LogP contribution in [0.5, 0.6) is 5.75 Å². The zero-order chi connectivity index (χ0) is 21.8. The van der Waals surface area contributed by atoms with Gasteiger partial charge in [-0.1, -0.05) is 45.0 Å². The van der Waals surface area contributed by atoms with Crippen molar-refractivity contribution in [1.29, 1.82) is 0 Å². The predicted octanol–water partition coefficient (Wildman–Crippen LogP) is 4.94. The summed E-state index contributed by atoms with van der Waals surface area (Å²) in [6.07, 6.45) is 0.925. The minimum absolute atomic E-state index is 0.184. The molecule has 1 N–H and O–H groups in total. The van der Waals surface area contributed by atoms with Crippen LogP contribution in [0, 0.1) is 19.8 Å². The van der Waals surface area contributed by atoms with Gasteiger partial charge in [0.25, 0.3) is 11.8 Å². The van der Waals surface area contributed by atoms with Crippen LogP contribution in [0.15, 0.2) is 48.2 Å². The number of benzene rings is 2. The highest BCUT2D eigenvalue weighted by Crippen LogP contribution is 2.33. The molecule has 158 valence electrons. The first-order valence-electron chi connectivity index (χ1n) is 10.5. The Kier molecular flexibility index (Phi) is 6.60. The molecule has 0 fully saturated rings. The van der Waals surface area contributed by atoms with E-state index in [-0.39, 0.29) is 17.7 Å². The van der Waals surface area contributed by atoms with Crippen molar-refractivity contribution in [2.75, 3.05) is 18.5 Å². The minimum Gasteiger partial charge on any atom is -0.494 e. The van der Waals surface area contributed by atoms with Crippen LogP contribution in [-0.2, 0) is 9.59 Å². The van der Waals surface area contributed by atoms with Crippen molar-refractivity contribution in [3.63, 3.8) is 0 Å². The third-order valence-corrected chi connectivity index (χ3v) is 5.20. The summed E-state index contributed by atoms with van der Waals surface area (Å²) in [6.45, 7) is 11.1. The van der Waals surface area contributed by atoms with Crippen LogP contribution < -0.4 is 10.1 Å². The Balaban J connectivity index is 2.03. The zero-order valence-electron chi connectivity index (χ0n) is 18.4. The summed E-state index contributed by atoms with van der Waals surface area (Å²) in [5.74, 6) is 0.393. The van der Waals surface area contributed by atoms with Gasteiger partial charge in [0, 0.05) is 12.2 Å². The highest BCUT2D eigenvalue weighted by Gasteiger charge is 2.39. The predicted molar refractivity (Wildman–Crippen MR) is 120 cm³/mol. The van der Waals surface area contributed by atoms with Crippen LogP contribution in [0.1, 0.15) is 43.9 Å². The average Bonchev–Trinajstić information content (AvgIpc) is 2.94. The van der Waals surface area contributed by atoms with Gasteiger partial charge < -0.3 is 10.1 Å². The highest BCUT2D eigenvalue weighted by atomic mass is 16.5. The van der Waals surface area contributed by atoms with Crippen LogP contribution in [0.4, 0.5) is 5.69 Å². The number of amides is 2. The number of carbonyl (C=O) groups is 2. The molecule has 0 saturated carbocycles. The van der Waals surface area contributed by atoms with Gasteiger partial charge in [-0.3, -0.25) is 14.5 Å². The summed E-state index contributed by atoms with van der Waals surface area (Å²) in [7, 11) is 0. The number of nitrogens with zero attached hydrogens (tertiary/aromatic N) is 1. The first kappa shape index (κ1) is 21.6. The highest BCUT2D eigenvalue weighted by molar-refractivity contribution is 6.36. The van der Waals surface area contributed by atoms with Crippen molar-refractivity contribution in [1.82, 2.24) is 4.90 Å². The summed E-state index contributed by atoms with van der Waals surface area (Å²) >= 11 is 0. The van der Waals surface area contributed by atoms with E-state index >= 15 is 0 Å². The Morgan fingerprint density at radius 1 is 1.00 bits per heavy atom. The monoisotopic (exact) mass is 406 g/mol. The lowest BCUT2D eigenvalue weighted by atomic mass is 10.0. The van der Waals surface area contributed by atoms with Crippen molar-refractivity contribution < 1.29 is 14.3 Å². The lowest BCUT2D eigenvalue weighted by Gasteiger charge is -2.18. The number of carbonyl (C=O) groups excluding carboxylic acids is 2. The first-order chi connectivity index (χ1) is 14.3. The second kappa shape index (κ2) is 9.16. The molecule has 0 unspecified atom stereocenters. The molecule has 2 amide bonds. The number of imide groups is 1. The van der Waals surface area contributed by atoms with E-state index in [1.165, 1.54) is 4.90 Å². The van der Waals surface area contributed by atoms with Crippen LogP contribution in [0.3, 0.4) is 0 Å². The Hall–Kier alpha value is -3.08. The van der Waals surface area contributed by atoms with Gasteiger partial charge in [0.2, 0.25) is 0 Å². The second-order valence-electron chi connectivity index (χ2n) is 8.11. The summed E-state index contributed by atoms with van der Waals surface area (Å²) in [4.78, 5) is 27.8. The molecule has 0 aliphatic carbocycles. The summed E-state index contributed by atoms with van der Waals surface area (Å²) in [5.41, 5.74) is 4.44. The summed E-state index contributed by atoms with van der Waals surface area (Å²) in [6, 6.07) is 13.3. The molecule has 3 rings (SSSR count). The van der Waals surface area contributed by atoms with Gasteiger partial charge >= 0.3 is 0 Å². The number of anilines is 1. The Morgan fingerprint density at radius 3 is 2.33 bits per heavy atom. The largest absolute Gasteiger partial charge is 0.494 e. The Labute approximate surface area is 178 Å². The summed E-state index contributed by atoms with van der Waals surface area (Å²) < 4.78 is 5.65. The van der Waals surface area contributed by atoms with Crippen molar-refractivity contribution >= 4 is 23.1 Å². The SMILES string of the molecule is CCCOc1ccc(C2=C(Nc3cccc(C)c3C)C(=O)N(CC(C)C)C2=O)cc1. The van der Waals surface area contributed by atoms with E-state index in [2.05, 4.69) is 12.2 Å². The van der Waals surface area contributed by atoms with E-state index in [1.54, 1.807) is 0 Å². The molecule has 0 atom stereocenters. The molecule has 1 heterocycles. The minimum atomic E-state index is -0.282. The topological polar surface area (TPSA) is 58.6 Å². The number of ether oxygens (including phenoxy) is 1. The van der Waals surface area contributed by atoms with Gasteiger partial charge in [-0.05, 0) is 61.1 Å². The number of hydrogen-bond acceptors (Lipinski definition) is 4. The Bertz CT molecular complexity index is 974. The molecule has 2 aromatic rings. The number of aryl methyl sites for hydroxylation is 1. The van der Waals surface area contributed by atoms with Crippen molar-refractivity contribution in [2.45, 2.75) is 41.0 Å². The van der Waals surface area contributed by atoms with Crippen LogP contribution in [0.25, 0.3) is 5.57 Å². The molecule has 0 aromatic heterocycles. The zero-order valence-corrected chi connectivity index (χ0v) is 18.4. The van der Waals surface area contributed by atoms with E-state index in [9.17, 15) is 9.59 Å². The van der Waals surface area contributed by atoms with Crippen molar-refractivity contribution in [3.8, 4) is 5.75 Å². The van der Waals surface area contributed by atoms with Gasteiger partial charge in [-0.25, -0.2) is 0 Å². The van der Waals surface area contributed by atoms with E-state index in [4.69, 9.17) is 4.74 Å². The maximum absolute atomic E-state index is 13.2. The molecule has 5 heteroatoms.